The van der Waals surface area contributed by atoms with Gasteiger partial charge in [0.1, 0.15) is 17.5 Å². The lowest BCUT2D eigenvalue weighted by atomic mass is 10.2. The minimum absolute atomic E-state index is 0.173. The van der Waals surface area contributed by atoms with Crippen molar-refractivity contribution in [2.75, 3.05) is 0 Å². The van der Waals surface area contributed by atoms with Crippen LogP contribution in [-0.4, -0.2) is 11.1 Å². The molecule has 11 heavy (non-hydrogen) atoms. The van der Waals surface area contributed by atoms with Crippen molar-refractivity contribution in [2.45, 2.75) is 13.0 Å². The normalized spacial score (nSPS) is 20.6. The second-order valence-corrected chi connectivity index (χ2v) is 2.57. The summed E-state index contributed by atoms with van der Waals surface area (Å²) in [5.74, 6) is 0.877. The molecule has 2 heterocycles. The van der Waals surface area contributed by atoms with Crippen molar-refractivity contribution >= 4 is 6.08 Å². The van der Waals surface area contributed by atoms with Crippen molar-refractivity contribution in [3.8, 4) is 5.75 Å². The molecule has 0 aromatic carbocycles. The summed E-state index contributed by atoms with van der Waals surface area (Å²) in [6, 6.07) is 3.81. The monoisotopic (exact) mass is 147 g/mol. The fourth-order valence-electron chi connectivity index (χ4n) is 1.09. The molecule has 1 unspecified atom stereocenters. The predicted octanol–water partition coefficient (Wildman–Crippen LogP) is 1.88. The standard InChI is InChI=1S/C9H9NO/c1-7-4-5-8-9(11-7)3-2-6-10-8/h2-7H,1H3. The summed E-state index contributed by atoms with van der Waals surface area (Å²) in [7, 11) is 0. The predicted molar refractivity (Wildman–Crippen MR) is 43.4 cm³/mol. The van der Waals surface area contributed by atoms with Gasteiger partial charge in [0.2, 0.25) is 0 Å². The molecule has 1 aromatic heterocycles. The molecule has 0 amide bonds. The molecule has 0 saturated carbocycles. The van der Waals surface area contributed by atoms with Gasteiger partial charge < -0.3 is 4.74 Å². The van der Waals surface area contributed by atoms with E-state index in [9.17, 15) is 0 Å². The first-order valence-corrected chi connectivity index (χ1v) is 3.66. The van der Waals surface area contributed by atoms with E-state index >= 15 is 0 Å². The van der Waals surface area contributed by atoms with Crippen LogP contribution >= 0.6 is 0 Å². The minimum Gasteiger partial charge on any atom is -0.484 e. The topological polar surface area (TPSA) is 22.1 Å². The van der Waals surface area contributed by atoms with Crippen LogP contribution in [0.1, 0.15) is 12.6 Å². The highest BCUT2D eigenvalue weighted by Crippen LogP contribution is 2.22. The maximum Gasteiger partial charge on any atom is 0.145 e. The van der Waals surface area contributed by atoms with Gasteiger partial charge >= 0.3 is 0 Å². The number of pyridine rings is 1. The molecule has 1 aliphatic rings. The summed E-state index contributed by atoms with van der Waals surface area (Å²) in [6.45, 7) is 2.01. The van der Waals surface area contributed by atoms with E-state index in [0.29, 0.717) is 0 Å². The number of hydrogen-bond donors (Lipinski definition) is 0. The van der Waals surface area contributed by atoms with Gasteiger partial charge in [0, 0.05) is 6.20 Å². The highest BCUT2D eigenvalue weighted by atomic mass is 16.5. The molecule has 0 saturated heterocycles. The Hall–Kier alpha value is -1.31. The molecule has 1 aromatic rings. The summed E-state index contributed by atoms with van der Waals surface area (Å²) in [5, 5.41) is 0. The van der Waals surface area contributed by atoms with E-state index < -0.39 is 0 Å². The zero-order valence-corrected chi connectivity index (χ0v) is 6.32. The molecule has 1 aliphatic heterocycles. The highest BCUT2D eigenvalue weighted by Gasteiger charge is 2.09. The van der Waals surface area contributed by atoms with Crippen molar-refractivity contribution in [2.24, 2.45) is 0 Å². The van der Waals surface area contributed by atoms with Gasteiger partial charge in [-0.1, -0.05) is 0 Å². The number of ether oxygens (including phenoxy) is 1. The molecular formula is C9H9NO. The van der Waals surface area contributed by atoms with Crippen LogP contribution in [0.4, 0.5) is 0 Å². The largest absolute Gasteiger partial charge is 0.484 e. The van der Waals surface area contributed by atoms with Gasteiger partial charge in [0.15, 0.2) is 0 Å². The number of aromatic nitrogens is 1. The first-order valence-electron chi connectivity index (χ1n) is 3.66. The Balaban J connectivity index is 2.46. The molecule has 0 radical (unpaired) electrons. The maximum absolute atomic E-state index is 5.48. The fourth-order valence-corrected chi connectivity index (χ4v) is 1.09. The van der Waals surface area contributed by atoms with Crippen molar-refractivity contribution in [3.05, 3.63) is 30.1 Å². The summed E-state index contributed by atoms with van der Waals surface area (Å²) in [6.07, 6.45) is 5.92. The molecule has 2 nitrogen and oxygen atoms in total. The third-order valence-electron chi connectivity index (χ3n) is 1.64. The molecule has 1 atom stereocenters. The molecule has 56 valence electrons. The van der Waals surface area contributed by atoms with E-state index in [1.54, 1.807) is 6.20 Å². The van der Waals surface area contributed by atoms with E-state index in [-0.39, 0.29) is 6.10 Å². The molecule has 0 spiro atoms. The zero-order chi connectivity index (χ0) is 7.68. The van der Waals surface area contributed by atoms with Crippen molar-refractivity contribution in [1.82, 2.24) is 4.98 Å². The molecule has 0 N–H and O–H groups in total. The number of hydrogen-bond acceptors (Lipinski definition) is 2. The Morgan fingerprint density at radius 1 is 1.55 bits per heavy atom. The summed E-state index contributed by atoms with van der Waals surface area (Å²) >= 11 is 0. The second-order valence-electron chi connectivity index (χ2n) is 2.57. The van der Waals surface area contributed by atoms with E-state index in [1.165, 1.54) is 0 Å². The van der Waals surface area contributed by atoms with Crippen LogP contribution in [0.25, 0.3) is 6.08 Å². The average molecular weight is 147 g/mol. The Labute approximate surface area is 65.5 Å². The summed E-state index contributed by atoms with van der Waals surface area (Å²) < 4.78 is 5.48. The quantitative estimate of drug-likeness (QED) is 0.559. The fraction of sp³-hybridized carbons (Fsp3) is 0.222. The van der Waals surface area contributed by atoms with Crippen LogP contribution < -0.4 is 4.74 Å². The van der Waals surface area contributed by atoms with Crippen molar-refractivity contribution in [3.63, 3.8) is 0 Å². The Bertz CT molecular complexity index is 293. The second kappa shape index (κ2) is 2.38. The van der Waals surface area contributed by atoms with Crippen LogP contribution in [0.2, 0.25) is 0 Å². The Morgan fingerprint density at radius 2 is 2.45 bits per heavy atom. The van der Waals surface area contributed by atoms with Crippen LogP contribution in [0, 0.1) is 0 Å². The Morgan fingerprint density at radius 3 is 3.36 bits per heavy atom. The van der Waals surface area contributed by atoms with Gasteiger partial charge in [-0.2, -0.15) is 0 Å². The van der Waals surface area contributed by atoms with Gasteiger partial charge in [-0.05, 0) is 31.2 Å². The van der Waals surface area contributed by atoms with Crippen LogP contribution in [0.15, 0.2) is 24.4 Å². The zero-order valence-electron chi connectivity index (χ0n) is 6.32. The van der Waals surface area contributed by atoms with Gasteiger partial charge in [0.25, 0.3) is 0 Å². The molecule has 0 fully saturated rings. The lowest BCUT2D eigenvalue weighted by Gasteiger charge is -2.16. The van der Waals surface area contributed by atoms with Crippen LogP contribution in [-0.2, 0) is 0 Å². The van der Waals surface area contributed by atoms with Gasteiger partial charge in [-0.15, -0.1) is 0 Å². The minimum atomic E-state index is 0.173. The van der Waals surface area contributed by atoms with E-state index in [2.05, 4.69) is 4.98 Å². The first kappa shape index (κ1) is 6.40. The lowest BCUT2D eigenvalue weighted by molar-refractivity contribution is 0.264. The molecule has 2 rings (SSSR count). The third-order valence-corrected chi connectivity index (χ3v) is 1.64. The molecule has 0 bridgehead atoms. The average Bonchev–Trinajstić information content (AvgIpc) is 2.04. The molecule has 0 aliphatic carbocycles. The van der Waals surface area contributed by atoms with Crippen LogP contribution in [0.5, 0.6) is 5.75 Å². The SMILES string of the molecule is CC1C=Cc2ncccc2O1. The third kappa shape index (κ3) is 1.11. The van der Waals surface area contributed by atoms with E-state index in [1.807, 2.05) is 31.2 Å². The maximum atomic E-state index is 5.48. The summed E-state index contributed by atoms with van der Waals surface area (Å²) in [5.41, 5.74) is 0.922. The van der Waals surface area contributed by atoms with Crippen molar-refractivity contribution < 1.29 is 4.74 Å². The van der Waals surface area contributed by atoms with E-state index in [0.717, 1.165) is 11.4 Å². The molecule has 2 heteroatoms. The number of fused-ring (bicyclic) bond motifs is 1. The first-order chi connectivity index (χ1) is 5.36. The van der Waals surface area contributed by atoms with E-state index in [4.69, 9.17) is 4.74 Å². The van der Waals surface area contributed by atoms with Crippen LogP contribution in [0.3, 0.4) is 0 Å². The lowest BCUT2D eigenvalue weighted by Crippen LogP contribution is -2.12. The van der Waals surface area contributed by atoms with Crippen molar-refractivity contribution in [1.29, 1.82) is 0 Å². The number of nitrogens with zero attached hydrogens (tertiary/aromatic N) is 1. The highest BCUT2D eigenvalue weighted by molar-refractivity contribution is 5.55. The smallest absolute Gasteiger partial charge is 0.145 e. The Kier molecular flexibility index (Phi) is 1.39. The summed E-state index contributed by atoms with van der Waals surface area (Å²) in [4.78, 5) is 4.14. The van der Waals surface area contributed by atoms with Gasteiger partial charge in [-0.25, -0.2) is 0 Å². The van der Waals surface area contributed by atoms with Gasteiger partial charge in [-0.3, -0.25) is 4.98 Å². The number of rotatable bonds is 0. The van der Waals surface area contributed by atoms with Gasteiger partial charge in [0.05, 0.1) is 0 Å². The molecular weight excluding hydrogens is 138 g/mol.